The van der Waals surface area contributed by atoms with Crippen molar-refractivity contribution in [1.29, 1.82) is 0 Å². The van der Waals surface area contributed by atoms with Crippen molar-refractivity contribution < 1.29 is 5.11 Å². The third kappa shape index (κ3) is 3.03. The van der Waals surface area contributed by atoms with Crippen molar-refractivity contribution in [2.24, 2.45) is 5.92 Å². The molecule has 2 atom stereocenters. The Balaban J connectivity index is 1.66. The number of anilines is 2. The van der Waals surface area contributed by atoms with Crippen molar-refractivity contribution in [1.82, 2.24) is 9.97 Å². The zero-order valence-electron chi connectivity index (χ0n) is 12.0. The molecule has 3 rings (SSSR count). The molecule has 5 nitrogen and oxygen atoms in total. The summed E-state index contributed by atoms with van der Waals surface area (Å²) in [5.74, 6) is 2.54. The molecule has 2 fully saturated rings. The standard InChI is InChI=1S/C15H24N4O/c20-9-6-12-4-3-5-13(12)18-14-10-15(17-11-16-14)19-7-1-2-8-19/h10-13,20H,1-9H2,(H,16,17,18). The number of aromatic nitrogens is 2. The van der Waals surface area contributed by atoms with Crippen LogP contribution in [0.25, 0.3) is 0 Å². The van der Waals surface area contributed by atoms with Crippen LogP contribution in [0.2, 0.25) is 0 Å². The minimum absolute atomic E-state index is 0.283. The first-order valence-electron chi connectivity index (χ1n) is 7.81. The predicted octanol–water partition coefficient (Wildman–Crippen LogP) is 2.04. The number of hydrogen-bond acceptors (Lipinski definition) is 5. The van der Waals surface area contributed by atoms with Gasteiger partial charge in [0.2, 0.25) is 0 Å². The van der Waals surface area contributed by atoms with Crippen LogP contribution in [0.15, 0.2) is 12.4 Å². The average molecular weight is 276 g/mol. The first-order valence-corrected chi connectivity index (χ1v) is 7.81. The summed E-state index contributed by atoms with van der Waals surface area (Å²) in [6.45, 7) is 2.49. The molecule has 0 amide bonds. The van der Waals surface area contributed by atoms with Crippen molar-refractivity contribution in [2.45, 2.75) is 44.6 Å². The van der Waals surface area contributed by atoms with E-state index >= 15 is 0 Å². The van der Waals surface area contributed by atoms with Gasteiger partial charge in [-0.3, -0.25) is 0 Å². The highest BCUT2D eigenvalue weighted by molar-refractivity contribution is 5.49. The van der Waals surface area contributed by atoms with Crippen molar-refractivity contribution in [3.05, 3.63) is 12.4 Å². The van der Waals surface area contributed by atoms with E-state index in [1.54, 1.807) is 6.33 Å². The van der Waals surface area contributed by atoms with Gasteiger partial charge in [-0.05, 0) is 38.0 Å². The van der Waals surface area contributed by atoms with Crippen LogP contribution in [0.5, 0.6) is 0 Å². The van der Waals surface area contributed by atoms with E-state index in [4.69, 9.17) is 5.11 Å². The predicted molar refractivity (Wildman–Crippen MR) is 79.9 cm³/mol. The Kier molecular flexibility index (Phi) is 4.35. The van der Waals surface area contributed by atoms with E-state index in [0.29, 0.717) is 12.0 Å². The first kappa shape index (κ1) is 13.6. The smallest absolute Gasteiger partial charge is 0.134 e. The quantitative estimate of drug-likeness (QED) is 0.862. The Hall–Kier alpha value is -1.36. The van der Waals surface area contributed by atoms with Gasteiger partial charge in [0.25, 0.3) is 0 Å². The fourth-order valence-electron chi connectivity index (χ4n) is 3.47. The second-order valence-corrected chi connectivity index (χ2v) is 5.91. The summed E-state index contributed by atoms with van der Waals surface area (Å²) in [5, 5.41) is 12.7. The summed E-state index contributed by atoms with van der Waals surface area (Å²) < 4.78 is 0. The van der Waals surface area contributed by atoms with Crippen molar-refractivity contribution >= 4 is 11.6 Å². The fourth-order valence-corrected chi connectivity index (χ4v) is 3.47. The number of aliphatic hydroxyl groups is 1. The van der Waals surface area contributed by atoms with Gasteiger partial charge in [-0.1, -0.05) is 6.42 Å². The molecule has 1 aliphatic carbocycles. The molecule has 1 aliphatic heterocycles. The van der Waals surface area contributed by atoms with Crippen LogP contribution in [-0.4, -0.2) is 40.8 Å². The molecule has 1 saturated carbocycles. The third-order valence-corrected chi connectivity index (χ3v) is 4.57. The van der Waals surface area contributed by atoms with E-state index in [1.807, 2.05) is 0 Å². The average Bonchev–Trinajstić information content (AvgIpc) is 3.12. The van der Waals surface area contributed by atoms with E-state index in [0.717, 1.165) is 31.1 Å². The molecule has 0 spiro atoms. The van der Waals surface area contributed by atoms with Crippen LogP contribution in [-0.2, 0) is 0 Å². The van der Waals surface area contributed by atoms with Crippen molar-refractivity contribution in [3.8, 4) is 0 Å². The lowest BCUT2D eigenvalue weighted by atomic mass is 10.00. The van der Waals surface area contributed by atoms with E-state index in [2.05, 4.69) is 26.3 Å². The SMILES string of the molecule is OCCC1CCCC1Nc1cc(N2CCCC2)ncn1. The zero-order valence-corrected chi connectivity index (χ0v) is 12.0. The summed E-state index contributed by atoms with van der Waals surface area (Å²) in [7, 11) is 0. The molecular weight excluding hydrogens is 252 g/mol. The maximum atomic E-state index is 9.14. The van der Waals surface area contributed by atoms with Gasteiger partial charge in [0.15, 0.2) is 0 Å². The molecule has 1 aromatic heterocycles. The van der Waals surface area contributed by atoms with Gasteiger partial charge in [0.1, 0.15) is 18.0 Å². The highest BCUT2D eigenvalue weighted by Crippen LogP contribution is 2.31. The Morgan fingerprint density at radius 1 is 1.20 bits per heavy atom. The molecule has 2 N–H and O–H groups in total. The minimum Gasteiger partial charge on any atom is -0.396 e. The zero-order chi connectivity index (χ0) is 13.8. The number of aliphatic hydroxyl groups excluding tert-OH is 1. The molecule has 0 bridgehead atoms. The van der Waals surface area contributed by atoms with E-state index in [-0.39, 0.29) is 6.61 Å². The molecule has 0 radical (unpaired) electrons. The fraction of sp³-hybridized carbons (Fsp3) is 0.733. The molecular formula is C15H24N4O. The topological polar surface area (TPSA) is 61.3 Å². The Morgan fingerprint density at radius 2 is 2.05 bits per heavy atom. The molecule has 0 aromatic carbocycles. The number of nitrogens with one attached hydrogen (secondary N) is 1. The lowest BCUT2D eigenvalue weighted by Crippen LogP contribution is -2.26. The van der Waals surface area contributed by atoms with Crippen LogP contribution in [0.3, 0.4) is 0 Å². The van der Waals surface area contributed by atoms with Crippen LogP contribution in [0.4, 0.5) is 11.6 Å². The molecule has 5 heteroatoms. The Morgan fingerprint density at radius 3 is 2.85 bits per heavy atom. The van der Waals surface area contributed by atoms with E-state index in [1.165, 1.54) is 32.1 Å². The monoisotopic (exact) mass is 276 g/mol. The maximum Gasteiger partial charge on any atom is 0.134 e. The van der Waals surface area contributed by atoms with Crippen LogP contribution in [0.1, 0.15) is 38.5 Å². The van der Waals surface area contributed by atoms with Crippen LogP contribution in [0, 0.1) is 5.92 Å². The van der Waals surface area contributed by atoms with Gasteiger partial charge in [0.05, 0.1) is 0 Å². The van der Waals surface area contributed by atoms with Crippen molar-refractivity contribution in [3.63, 3.8) is 0 Å². The molecule has 2 heterocycles. The summed E-state index contributed by atoms with van der Waals surface area (Å²) in [6.07, 6.45) is 8.69. The summed E-state index contributed by atoms with van der Waals surface area (Å²) in [6, 6.07) is 2.52. The highest BCUT2D eigenvalue weighted by Gasteiger charge is 2.27. The Labute approximate surface area is 120 Å². The van der Waals surface area contributed by atoms with Crippen molar-refractivity contribution in [2.75, 3.05) is 29.9 Å². The van der Waals surface area contributed by atoms with Crippen LogP contribution < -0.4 is 10.2 Å². The molecule has 1 aromatic rings. The second-order valence-electron chi connectivity index (χ2n) is 5.91. The molecule has 2 aliphatic rings. The first-order chi connectivity index (χ1) is 9.86. The van der Waals surface area contributed by atoms with Crippen LogP contribution >= 0.6 is 0 Å². The largest absolute Gasteiger partial charge is 0.396 e. The molecule has 110 valence electrons. The third-order valence-electron chi connectivity index (χ3n) is 4.57. The minimum atomic E-state index is 0.283. The normalized spacial score (nSPS) is 26.1. The van der Waals surface area contributed by atoms with Gasteiger partial charge in [-0.2, -0.15) is 0 Å². The summed E-state index contributed by atoms with van der Waals surface area (Å²) in [5.41, 5.74) is 0. The highest BCUT2D eigenvalue weighted by atomic mass is 16.3. The van der Waals surface area contributed by atoms with Gasteiger partial charge in [-0.15, -0.1) is 0 Å². The Bertz CT molecular complexity index is 434. The molecule has 1 saturated heterocycles. The summed E-state index contributed by atoms with van der Waals surface area (Å²) in [4.78, 5) is 11.1. The van der Waals surface area contributed by atoms with E-state index < -0.39 is 0 Å². The number of hydrogen-bond donors (Lipinski definition) is 2. The summed E-state index contributed by atoms with van der Waals surface area (Å²) >= 11 is 0. The number of rotatable bonds is 5. The van der Waals surface area contributed by atoms with E-state index in [9.17, 15) is 0 Å². The van der Waals surface area contributed by atoms with Gasteiger partial charge < -0.3 is 15.3 Å². The lowest BCUT2D eigenvalue weighted by molar-refractivity contribution is 0.254. The molecule has 20 heavy (non-hydrogen) atoms. The molecule has 2 unspecified atom stereocenters. The van der Waals surface area contributed by atoms with Gasteiger partial charge in [0, 0.05) is 31.8 Å². The van der Waals surface area contributed by atoms with Gasteiger partial charge in [-0.25, -0.2) is 9.97 Å². The second kappa shape index (κ2) is 6.39. The lowest BCUT2D eigenvalue weighted by Gasteiger charge is -2.22. The number of nitrogens with zero attached hydrogens (tertiary/aromatic N) is 3. The van der Waals surface area contributed by atoms with Gasteiger partial charge >= 0.3 is 0 Å². The maximum absolute atomic E-state index is 9.14.